The fourth-order valence-corrected chi connectivity index (χ4v) is 2.06. The maximum atomic E-state index is 13.1. The van der Waals surface area contributed by atoms with Gasteiger partial charge in [0.1, 0.15) is 5.82 Å². The molecule has 18 heavy (non-hydrogen) atoms. The molecular weight excluding hydrogens is 231 g/mol. The molecule has 0 saturated carbocycles. The van der Waals surface area contributed by atoms with Crippen LogP contribution in [0.25, 0.3) is 0 Å². The largest absolute Gasteiger partial charge is 0.325 e. The lowest BCUT2D eigenvalue weighted by Gasteiger charge is -2.10. The lowest BCUT2D eigenvalue weighted by Crippen LogP contribution is -2.10. The second-order valence-corrected chi connectivity index (χ2v) is 4.57. The third-order valence-corrected chi connectivity index (χ3v) is 2.81. The van der Waals surface area contributed by atoms with Crippen molar-refractivity contribution in [2.45, 2.75) is 32.9 Å². The van der Waals surface area contributed by atoms with Crippen molar-refractivity contribution >= 4 is 0 Å². The van der Waals surface area contributed by atoms with Gasteiger partial charge in [-0.15, -0.1) is 5.10 Å². The van der Waals surface area contributed by atoms with E-state index in [9.17, 15) is 4.39 Å². The Morgan fingerprint density at radius 1 is 1.39 bits per heavy atom. The molecule has 2 aromatic rings. The highest BCUT2D eigenvalue weighted by atomic mass is 19.1. The van der Waals surface area contributed by atoms with Crippen LogP contribution in [0.1, 0.15) is 36.7 Å². The van der Waals surface area contributed by atoms with E-state index in [1.54, 1.807) is 10.7 Å². The molecule has 1 heterocycles. The van der Waals surface area contributed by atoms with Crippen LogP contribution in [-0.2, 0) is 13.1 Å². The number of nitrogens with zero attached hydrogens (tertiary/aromatic N) is 3. The molecule has 4 nitrogen and oxygen atoms in total. The maximum absolute atomic E-state index is 13.1. The van der Waals surface area contributed by atoms with Crippen LogP contribution in [0.2, 0.25) is 0 Å². The van der Waals surface area contributed by atoms with Gasteiger partial charge in [0.2, 0.25) is 0 Å². The van der Waals surface area contributed by atoms with Gasteiger partial charge >= 0.3 is 0 Å². The highest BCUT2D eigenvalue weighted by Crippen LogP contribution is 2.18. The highest BCUT2D eigenvalue weighted by molar-refractivity contribution is 5.19. The normalized spacial score (nSPS) is 11.2. The van der Waals surface area contributed by atoms with Crippen molar-refractivity contribution in [2.75, 3.05) is 0 Å². The number of hydrogen-bond acceptors (Lipinski definition) is 3. The average Bonchev–Trinajstić information content (AvgIpc) is 2.72. The quantitative estimate of drug-likeness (QED) is 0.901. The van der Waals surface area contributed by atoms with Crippen molar-refractivity contribution in [3.63, 3.8) is 0 Å². The standard InChI is InChI=1S/C13H17FN4/c1-9(2)13-12(7-15)16-17-18(13)8-10-4-3-5-11(14)6-10/h3-6,9H,7-8,15H2,1-2H3. The first-order valence-corrected chi connectivity index (χ1v) is 5.98. The molecule has 0 unspecified atom stereocenters. The van der Waals surface area contributed by atoms with Gasteiger partial charge in [-0.3, -0.25) is 0 Å². The predicted octanol–water partition coefficient (Wildman–Crippen LogP) is 2.05. The van der Waals surface area contributed by atoms with Gasteiger partial charge in [-0.1, -0.05) is 31.2 Å². The summed E-state index contributed by atoms with van der Waals surface area (Å²) < 4.78 is 14.9. The smallest absolute Gasteiger partial charge is 0.123 e. The van der Waals surface area contributed by atoms with Gasteiger partial charge in [0.05, 0.1) is 17.9 Å². The summed E-state index contributed by atoms with van der Waals surface area (Å²) in [7, 11) is 0. The number of hydrogen-bond donors (Lipinski definition) is 1. The fraction of sp³-hybridized carbons (Fsp3) is 0.385. The molecule has 0 amide bonds. The molecule has 1 aromatic heterocycles. The fourth-order valence-electron chi connectivity index (χ4n) is 2.06. The molecule has 1 aromatic carbocycles. The van der Waals surface area contributed by atoms with Crippen LogP contribution in [0.3, 0.4) is 0 Å². The molecule has 2 N–H and O–H groups in total. The second kappa shape index (κ2) is 5.27. The van der Waals surface area contributed by atoms with Gasteiger partial charge in [-0.2, -0.15) is 0 Å². The molecular formula is C13H17FN4. The van der Waals surface area contributed by atoms with Crippen molar-refractivity contribution in [3.8, 4) is 0 Å². The molecule has 0 aliphatic heterocycles. The van der Waals surface area contributed by atoms with Crippen LogP contribution in [0.4, 0.5) is 4.39 Å². The van der Waals surface area contributed by atoms with Crippen molar-refractivity contribution < 1.29 is 4.39 Å². The second-order valence-electron chi connectivity index (χ2n) is 4.57. The van der Waals surface area contributed by atoms with Crippen LogP contribution < -0.4 is 5.73 Å². The Hall–Kier alpha value is -1.75. The predicted molar refractivity (Wildman–Crippen MR) is 67.5 cm³/mol. The average molecular weight is 248 g/mol. The zero-order valence-electron chi connectivity index (χ0n) is 10.6. The van der Waals surface area contributed by atoms with Gasteiger partial charge in [-0.05, 0) is 23.6 Å². The summed E-state index contributed by atoms with van der Waals surface area (Å²) in [6, 6.07) is 6.50. The Morgan fingerprint density at radius 2 is 2.17 bits per heavy atom. The Balaban J connectivity index is 2.32. The highest BCUT2D eigenvalue weighted by Gasteiger charge is 2.15. The third kappa shape index (κ3) is 2.56. The number of halogens is 1. The molecule has 96 valence electrons. The van der Waals surface area contributed by atoms with Gasteiger partial charge < -0.3 is 5.73 Å². The van der Waals surface area contributed by atoms with E-state index in [-0.39, 0.29) is 11.7 Å². The molecule has 0 radical (unpaired) electrons. The summed E-state index contributed by atoms with van der Waals surface area (Å²) in [6.45, 7) is 5.02. The Morgan fingerprint density at radius 3 is 2.78 bits per heavy atom. The van der Waals surface area contributed by atoms with Crippen molar-refractivity contribution in [1.82, 2.24) is 15.0 Å². The van der Waals surface area contributed by atoms with E-state index in [4.69, 9.17) is 5.73 Å². The minimum absolute atomic E-state index is 0.238. The number of benzene rings is 1. The van der Waals surface area contributed by atoms with Gasteiger partial charge in [0.25, 0.3) is 0 Å². The van der Waals surface area contributed by atoms with Crippen molar-refractivity contribution in [1.29, 1.82) is 0 Å². The van der Waals surface area contributed by atoms with Crippen LogP contribution in [-0.4, -0.2) is 15.0 Å². The van der Waals surface area contributed by atoms with Crippen molar-refractivity contribution in [2.24, 2.45) is 5.73 Å². The number of aromatic nitrogens is 3. The van der Waals surface area contributed by atoms with E-state index < -0.39 is 0 Å². The van der Waals surface area contributed by atoms with E-state index in [1.807, 2.05) is 6.07 Å². The number of nitrogens with two attached hydrogens (primary N) is 1. The summed E-state index contributed by atoms with van der Waals surface area (Å²) in [5, 5.41) is 8.17. The van der Waals surface area contributed by atoms with Crippen LogP contribution >= 0.6 is 0 Å². The van der Waals surface area contributed by atoms with E-state index in [0.29, 0.717) is 13.1 Å². The molecule has 0 saturated heterocycles. The monoisotopic (exact) mass is 248 g/mol. The maximum Gasteiger partial charge on any atom is 0.123 e. The zero-order chi connectivity index (χ0) is 13.1. The zero-order valence-corrected chi connectivity index (χ0v) is 10.6. The molecule has 0 fully saturated rings. The SMILES string of the molecule is CC(C)c1c(CN)nnn1Cc1cccc(F)c1. The van der Waals surface area contributed by atoms with E-state index in [1.165, 1.54) is 12.1 Å². The summed E-state index contributed by atoms with van der Waals surface area (Å²) >= 11 is 0. The Kier molecular flexibility index (Phi) is 3.72. The first-order chi connectivity index (χ1) is 8.61. The molecule has 0 aliphatic rings. The summed E-state index contributed by atoms with van der Waals surface area (Å²) in [4.78, 5) is 0. The molecule has 0 aliphatic carbocycles. The van der Waals surface area contributed by atoms with E-state index in [2.05, 4.69) is 24.2 Å². The summed E-state index contributed by atoms with van der Waals surface area (Å²) in [5.41, 5.74) is 8.33. The topological polar surface area (TPSA) is 56.7 Å². The lowest BCUT2D eigenvalue weighted by molar-refractivity contribution is 0.588. The van der Waals surface area contributed by atoms with Crippen molar-refractivity contribution in [3.05, 3.63) is 47.0 Å². The van der Waals surface area contributed by atoms with E-state index >= 15 is 0 Å². The Bertz CT molecular complexity index is 534. The minimum atomic E-state index is -0.238. The third-order valence-electron chi connectivity index (χ3n) is 2.81. The number of rotatable bonds is 4. The molecule has 5 heteroatoms. The summed E-state index contributed by atoms with van der Waals surface area (Å²) in [5.74, 6) is 0.0462. The lowest BCUT2D eigenvalue weighted by atomic mass is 10.1. The Labute approximate surface area is 106 Å². The molecule has 0 spiro atoms. The molecule has 0 atom stereocenters. The van der Waals surface area contributed by atoms with Gasteiger partial charge in [0, 0.05) is 6.54 Å². The van der Waals surface area contributed by atoms with Crippen LogP contribution in [0.5, 0.6) is 0 Å². The van der Waals surface area contributed by atoms with E-state index in [0.717, 1.165) is 17.0 Å². The molecule has 2 rings (SSSR count). The van der Waals surface area contributed by atoms with Gasteiger partial charge in [0.15, 0.2) is 0 Å². The van der Waals surface area contributed by atoms with Crippen LogP contribution in [0, 0.1) is 5.82 Å². The first kappa shape index (κ1) is 12.7. The van der Waals surface area contributed by atoms with Crippen LogP contribution in [0.15, 0.2) is 24.3 Å². The van der Waals surface area contributed by atoms with Gasteiger partial charge in [-0.25, -0.2) is 9.07 Å². The minimum Gasteiger partial charge on any atom is -0.325 e. The molecule has 0 bridgehead atoms. The summed E-state index contributed by atoms with van der Waals surface area (Å²) in [6.07, 6.45) is 0. The first-order valence-electron chi connectivity index (χ1n) is 5.98.